The van der Waals surface area contributed by atoms with Crippen LogP contribution in [-0.4, -0.2) is 24.8 Å². The lowest BCUT2D eigenvalue weighted by Crippen LogP contribution is -2.46. The van der Waals surface area contributed by atoms with Crippen molar-refractivity contribution in [3.05, 3.63) is 0 Å². The van der Waals surface area contributed by atoms with Crippen LogP contribution in [0.4, 0.5) is 0 Å². The van der Waals surface area contributed by atoms with Crippen LogP contribution in [0.5, 0.6) is 0 Å². The third-order valence-corrected chi connectivity index (χ3v) is 9.73. The zero-order valence-electron chi connectivity index (χ0n) is 13.1. The highest BCUT2D eigenvalue weighted by molar-refractivity contribution is 9.10. The van der Waals surface area contributed by atoms with Crippen molar-refractivity contribution in [3.8, 4) is 0 Å². The molecular formula is C14H28BrNO2Si. The number of hydrogen-bond acceptors (Lipinski definition) is 2. The molecule has 0 bridgehead atoms. The van der Waals surface area contributed by atoms with Gasteiger partial charge in [0.15, 0.2) is 8.32 Å². The number of rotatable bonds is 5. The Kier molecular flexibility index (Phi) is 5.30. The van der Waals surface area contributed by atoms with Crippen LogP contribution >= 0.6 is 15.9 Å². The van der Waals surface area contributed by atoms with E-state index in [4.69, 9.17) is 4.43 Å². The van der Waals surface area contributed by atoms with Gasteiger partial charge < -0.3 is 9.74 Å². The Morgan fingerprint density at radius 3 is 2.37 bits per heavy atom. The third-order valence-electron chi connectivity index (χ3n) is 4.30. The summed E-state index contributed by atoms with van der Waals surface area (Å²) in [4.78, 5) is 11.2. The first-order chi connectivity index (χ1) is 8.43. The van der Waals surface area contributed by atoms with Crippen LogP contribution in [0.15, 0.2) is 0 Å². The molecule has 0 aromatic carbocycles. The Bertz CT molecular complexity index is 337. The lowest BCUT2D eigenvalue weighted by Gasteiger charge is -2.42. The zero-order valence-corrected chi connectivity index (χ0v) is 15.7. The minimum Gasteiger partial charge on any atom is -0.402 e. The number of halogens is 1. The molecule has 3 nitrogen and oxygen atoms in total. The van der Waals surface area contributed by atoms with Crippen molar-refractivity contribution < 1.29 is 9.22 Å². The second-order valence-corrected chi connectivity index (χ2v) is 13.7. The predicted molar refractivity (Wildman–Crippen MR) is 86.0 cm³/mol. The Balaban J connectivity index is 2.49. The fourth-order valence-corrected chi connectivity index (χ4v) is 4.98. The van der Waals surface area contributed by atoms with Crippen molar-refractivity contribution in [2.24, 2.45) is 0 Å². The molecule has 112 valence electrons. The first kappa shape index (κ1) is 17.2. The van der Waals surface area contributed by atoms with Gasteiger partial charge in [0, 0.05) is 12.5 Å². The monoisotopic (exact) mass is 349 g/mol. The summed E-state index contributed by atoms with van der Waals surface area (Å²) < 4.78 is 6.13. The van der Waals surface area contributed by atoms with Crippen LogP contribution < -0.4 is 5.32 Å². The molecule has 2 unspecified atom stereocenters. The van der Waals surface area contributed by atoms with Crippen LogP contribution in [0.2, 0.25) is 18.1 Å². The van der Waals surface area contributed by atoms with Crippen LogP contribution in [0.3, 0.4) is 0 Å². The van der Waals surface area contributed by atoms with Crippen molar-refractivity contribution in [3.63, 3.8) is 0 Å². The van der Waals surface area contributed by atoms with E-state index < -0.39 is 8.32 Å². The van der Waals surface area contributed by atoms with E-state index in [1.54, 1.807) is 0 Å². The highest BCUT2D eigenvalue weighted by atomic mass is 79.9. The van der Waals surface area contributed by atoms with Gasteiger partial charge in [-0.05, 0) is 44.3 Å². The van der Waals surface area contributed by atoms with Crippen LogP contribution in [0, 0.1) is 0 Å². The average molecular weight is 350 g/mol. The van der Waals surface area contributed by atoms with E-state index in [0.717, 1.165) is 19.3 Å². The molecule has 1 fully saturated rings. The molecule has 1 rings (SSSR count). The Hall–Kier alpha value is 0.127. The molecule has 1 aliphatic heterocycles. The second kappa shape index (κ2) is 5.86. The van der Waals surface area contributed by atoms with Gasteiger partial charge in [-0.2, -0.15) is 0 Å². The lowest BCUT2D eigenvalue weighted by molar-refractivity contribution is -0.119. The van der Waals surface area contributed by atoms with Gasteiger partial charge in [0.05, 0.1) is 0 Å². The van der Waals surface area contributed by atoms with E-state index in [2.05, 4.69) is 62.0 Å². The Morgan fingerprint density at radius 2 is 1.95 bits per heavy atom. The maximum atomic E-state index is 11.2. The van der Waals surface area contributed by atoms with Gasteiger partial charge in [-0.3, -0.25) is 4.79 Å². The van der Waals surface area contributed by atoms with Gasteiger partial charge in [-0.25, -0.2) is 0 Å². The molecule has 0 saturated carbocycles. The standard InChI is InChI=1S/C14H28BrNO2Si/c1-13(2,3)19(5,6)18-14(4,15)10-9-11-7-8-12(17)16-11/h11H,7-10H2,1-6H3,(H,16,17). The number of hydrogen-bond donors (Lipinski definition) is 1. The summed E-state index contributed by atoms with van der Waals surface area (Å²) in [5.41, 5.74) is 0. The predicted octanol–water partition coefficient (Wildman–Crippen LogP) is 4.18. The fourth-order valence-electron chi connectivity index (χ4n) is 2.06. The Labute approximate surface area is 127 Å². The van der Waals surface area contributed by atoms with Gasteiger partial charge in [-0.1, -0.05) is 36.7 Å². The van der Waals surface area contributed by atoms with Gasteiger partial charge in [0.25, 0.3) is 0 Å². The summed E-state index contributed by atoms with van der Waals surface area (Å²) in [6.07, 6.45) is 3.53. The first-order valence-electron chi connectivity index (χ1n) is 7.11. The molecule has 1 amide bonds. The molecule has 0 aliphatic carbocycles. The van der Waals surface area contributed by atoms with E-state index in [-0.39, 0.29) is 15.5 Å². The molecule has 1 N–H and O–H groups in total. The van der Waals surface area contributed by atoms with Gasteiger partial charge >= 0.3 is 0 Å². The second-order valence-electron chi connectivity index (χ2n) is 7.31. The summed E-state index contributed by atoms with van der Waals surface area (Å²) in [6, 6.07) is 0.326. The first-order valence-corrected chi connectivity index (χ1v) is 10.8. The summed E-state index contributed by atoms with van der Waals surface area (Å²) in [5.74, 6) is 0.187. The normalized spacial score (nSPS) is 24.2. The van der Waals surface area contributed by atoms with E-state index >= 15 is 0 Å². The molecular weight excluding hydrogens is 322 g/mol. The van der Waals surface area contributed by atoms with Crippen LogP contribution in [0.25, 0.3) is 0 Å². The lowest BCUT2D eigenvalue weighted by atomic mass is 10.1. The molecule has 0 spiro atoms. The van der Waals surface area contributed by atoms with Gasteiger partial charge in [0.1, 0.15) is 4.51 Å². The summed E-state index contributed by atoms with van der Waals surface area (Å²) in [7, 11) is -1.76. The van der Waals surface area contributed by atoms with Crippen LogP contribution in [0.1, 0.15) is 53.4 Å². The van der Waals surface area contributed by atoms with Crippen molar-refractivity contribution in [1.82, 2.24) is 5.32 Å². The Morgan fingerprint density at radius 1 is 1.37 bits per heavy atom. The average Bonchev–Trinajstić information content (AvgIpc) is 2.58. The van der Waals surface area contributed by atoms with Crippen LogP contribution in [-0.2, 0) is 9.22 Å². The summed E-state index contributed by atoms with van der Waals surface area (Å²) >= 11 is 3.73. The number of carbonyl (C=O) groups excluding carboxylic acids is 1. The molecule has 2 atom stereocenters. The molecule has 1 heterocycles. The smallest absolute Gasteiger partial charge is 0.220 e. The highest BCUT2D eigenvalue weighted by Crippen LogP contribution is 2.42. The molecule has 0 radical (unpaired) electrons. The third kappa shape index (κ3) is 5.19. The highest BCUT2D eigenvalue weighted by Gasteiger charge is 2.42. The van der Waals surface area contributed by atoms with Crippen molar-refractivity contribution in [2.45, 2.75) is 82.1 Å². The number of alkyl halides is 1. The molecule has 19 heavy (non-hydrogen) atoms. The maximum Gasteiger partial charge on any atom is 0.220 e. The van der Waals surface area contributed by atoms with Crippen molar-refractivity contribution in [2.75, 3.05) is 0 Å². The van der Waals surface area contributed by atoms with E-state index in [0.29, 0.717) is 12.5 Å². The quantitative estimate of drug-likeness (QED) is 0.597. The van der Waals surface area contributed by atoms with E-state index in [1.165, 1.54) is 0 Å². The maximum absolute atomic E-state index is 11.2. The SMILES string of the molecule is CC(Br)(CCC1CCC(=O)N1)O[Si](C)(C)C(C)(C)C. The van der Waals surface area contributed by atoms with Crippen molar-refractivity contribution in [1.29, 1.82) is 0 Å². The molecule has 5 heteroatoms. The number of nitrogens with one attached hydrogen (secondary N) is 1. The minimum atomic E-state index is -1.76. The topological polar surface area (TPSA) is 38.3 Å². The minimum absolute atomic E-state index is 0.187. The fraction of sp³-hybridized carbons (Fsp3) is 0.929. The zero-order chi connectivity index (χ0) is 14.9. The van der Waals surface area contributed by atoms with E-state index in [9.17, 15) is 4.79 Å². The molecule has 0 aromatic rings. The van der Waals surface area contributed by atoms with Gasteiger partial charge in [-0.15, -0.1) is 0 Å². The summed E-state index contributed by atoms with van der Waals surface area (Å²) in [5, 5.41) is 3.23. The molecule has 1 saturated heterocycles. The number of carbonyl (C=O) groups is 1. The molecule has 0 aromatic heterocycles. The van der Waals surface area contributed by atoms with Gasteiger partial charge in [0.2, 0.25) is 5.91 Å². The largest absolute Gasteiger partial charge is 0.402 e. The molecule has 1 aliphatic rings. The number of amides is 1. The van der Waals surface area contributed by atoms with Crippen molar-refractivity contribution >= 4 is 30.2 Å². The van der Waals surface area contributed by atoms with E-state index in [1.807, 2.05) is 0 Å². The summed E-state index contributed by atoms with van der Waals surface area (Å²) in [6.45, 7) is 13.4.